The van der Waals surface area contributed by atoms with Crippen molar-refractivity contribution in [3.63, 3.8) is 0 Å². The van der Waals surface area contributed by atoms with E-state index in [1.807, 2.05) is 30.3 Å². The van der Waals surface area contributed by atoms with Crippen LogP contribution >= 0.6 is 0 Å². The highest BCUT2D eigenvalue weighted by atomic mass is 16.6. The molecule has 0 bridgehead atoms. The molecule has 6 heteroatoms. The molecule has 0 aliphatic rings. The second-order valence-corrected chi connectivity index (χ2v) is 4.03. The van der Waals surface area contributed by atoms with Gasteiger partial charge in [0.05, 0.1) is 13.4 Å². The van der Waals surface area contributed by atoms with Gasteiger partial charge in [0.25, 0.3) is 0 Å². The van der Waals surface area contributed by atoms with E-state index in [2.05, 4.69) is 9.72 Å². The Balaban J connectivity index is 2.06. The van der Waals surface area contributed by atoms with Crippen LogP contribution in [0.3, 0.4) is 0 Å². The molecule has 0 saturated heterocycles. The second kappa shape index (κ2) is 6.51. The zero-order valence-corrected chi connectivity index (χ0v) is 10.9. The van der Waals surface area contributed by atoms with E-state index >= 15 is 0 Å². The number of ether oxygens (including phenoxy) is 2. The first kappa shape index (κ1) is 13.8. The van der Waals surface area contributed by atoms with Gasteiger partial charge in [-0.25, -0.2) is 14.6 Å². The summed E-state index contributed by atoms with van der Waals surface area (Å²) in [4.78, 5) is 27.5. The summed E-state index contributed by atoms with van der Waals surface area (Å²) in [7, 11) is 1.22. The summed E-state index contributed by atoms with van der Waals surface area (Å²) in [5, 5.41) is 0. The Morgan fingerprint density at radius 2 is 2.00 bits per heavy atom. The lowest BCUT2D eigenvalue weighted by molar-refractivity contribution is -0.160. The van der Waals surface area contributed by atoms with E-state index in [0.29, 0.717) is 0 Å². The van der Waals surface area contributed by atoms with Gasteiger partial charge in [-0.05, 0) is 5.56 Å². The number of nitrogens with zero attached hydrogens (tertiary/aromatic N) is 2. The molecule has 1 aromatic heterocycles. The van der Waals surface area contributed by atoms with Crippen LogP contribution in [0.5, 0.6) is 0 Å². The highest BCUT2D eigenvalue weighted by Gasteiger charge is 2.30. The van der Waals surface area contributed by atoms with Gasteiger partial charge in [0.1, 0.15) is 6.61 Å². The number of carbonyl (C=O) groups is 2. The van der Waals surface area contributed by atoms with E-state index in [9.17, 15) is 9.59 Å². The third kappa shape index (κ3) is 3.23. The molecular weight excluding hydrogens is 260 g/mol. The fourth-order valence-corrected chi connectivity index (χ4v) is 1.68. The highest BCUT2D eigenvalue weighted by molar-refractivity contribution is 5.97. The van der Waals surface area contributed by atoms with Crippen LogP contribution in [-0.4, -0.2) is 28.6 Å². The molecule has 1 atom stereocenters. The zero-order valence-electron chi connectivity index (χ0n) is 10.9. The molecule has 1 aromatic carbocycles. The number of imidazole rings is 1. The van der Waals surface area contributed by atoms with E-state index in [4.69, 9.17) is 4.74 Å². The molecule has 0 fully saturated rings. The highest BCUT2D eigenvalue weighted by Crippen LogP contribution is 2.12. The van der Waals surface area contributed by atoms with Gasteiger partial charge in [-0.3, -0.25) is 0 Å². The summed E-state index contributed by atoms with van der Waals surface area (Å²) < 4.78 is 11.1. The summed E-state index contributed by atoms with van der Waals surface area (Å²) in [6, 6.07) is 8.04. The summed E-state index contributed by atoms with van der Waals surface area (Å²) >= 11 is 0. The molecule has 2 aromatic rings. The van der Waals surface area contributed by atoms with Gasteiger partial charge in [-0.15, -0.1) is 0 Å². The molecule has 0 N–H and O–H groups in total. The molecule has 1 unspecified atom stereocenters. The largest absolute Gasteiger partial charge is 0.467 e. The molecule has 1 heterocycles. The Morgan fingerprint density at radius 3 is 2.60 bits per heavy atom. The number of benzene rings is 1. The maximum atomic E-state index is 12.0. The summed E-state index contributed by atoms with van der Waals surface area (Å²) in [6.45, 7) is 0.0991. The van der Waals surface area contributed by atoms with E-state index in [-0.39, 0.29) is 6.61 Å². The first-order valence-corrected chi connectivity index (χ1v) is 5.98. The molecule has 0 amide bonds. The number of rotatable bonds is 5. The van der Waals surface area contributed by atoms with Gasteiger partial charge in [-0.1, -0.05) is 30.3 Å². The van der Waals surface area contributed by atoms with Crippen LogP contribution in [0, 0.1) is 0 Å². The van der Waals surface area contributed by atoms with Crippen LogP contribution in [0.25, 0.3) is 0 Å². The van der Waals surface area contributed by atoms with Crippen molar-refractivity contribution < 1.29 is 19.1 Å². The fraction of sp³-hybridized carbons (Fsp3) is 0.214. The van der Waals surface area contributed by atoms with Crippen molar-refractivity contribution in [3.8, 4) is 0 Å². The number of methoxy groups -OCH3 is 1. The van der Waals surface area contributed by atoms with Crippen molar-refractivity contribution in [3.05, 3.63) is 54.6 Å². The minimum Gasteiger partial charge on any atom is -0.467 e. The van der Waals surface area contributed by atoms with Crippen LogP contribution in [-0.2, 0) is 25.7 Å². The molecule has 104 valence electrons. The molecule has 0 aliphatic carbocycles. The first-order chi connectivity index (χ1) is 9.72. The molecule has 2 rings (SSSR count). The van der Waals surface area contributed by atoms with Crippen molar-refractivity contribution in [2.75, 3.05) is 7.11 Å². The Bertz CT molecular complexity index is 566. The van der Waals surface area contributed by atoms with Gasteiger partial charge in [0.15, 0.2) is 0 Å². The SMILES string of the molecule is COC(=O)C(C(=O)OCc1ccccc1)n1ccnc1. The molecule has 0 radical (unpaired) electrons. The van der Waals surface area contributed by atoms with Gasteiger partial charge >= 0.3 is 11.9 Å². The number of carbonyl (C=O) groups excluding carboxylic acids is 2. The van der Waals surface area contributed by atoms with Gasteiger partial charge in [-0.2, -0.15) is 0 Å². The van der Waals surface area contributed by atoms with Gasteiger partial charge < -0.3 is 14.0 Å². The predicted octanol–water partition coefficient (Wildman–Crippen LogP) is 1.34. The van der Waals surface area contributed by atoms with Gasteiger partial charge in [0.2, 0.25) is 6.04 Å². The van der Waals surface area contributed by atoms with Crippen molar-refractivity contribution >= 4 is 11.9 Å². The number of aromatic nitrogens is 2. The smallest absolute Gasteiger partial charge is 0.341 e. The average molecular weight is 274 g/mol. The van der Waals surface area contributed by atoms with Crippen molar-refractivity contribution in [2.45, 2.75) is 12.6 Å². The normalized spacial score (nSPS) is 11.7. The topological polar surface area (TPSA) is 70.4 Å². The van der Waals surface area contributed by atoms with Crippen LogP contribution in [0.4, 0.5) is 0 Å². The zero-order chi connectivity index (χ0) is 14.4. The van der Waals surface area contributed by atoms with E-state index in [0.717, 1.165) is 5.56 Å². The second-order valence-electron chi connectivity index (χ2n) is 4.03. The van der Waals surface area contributed by atoms with E-state index < -0.39 is 18.0 Å². The Morgan fingerprint density at radius 1 is 1.25 bits per heavy atom. The quantitative estimate of drug-likeness (QED) is 0.608. The van der Waals surface area contributed by atoms with Crippen molar-refractivity contribution in [1.29, 1.82) is 0 Å². The minimum atomic E-state index is -1.17. The maximum absolute atomic E-state index is 12.0. The summed E-state index contributed by atoms with van der Waals surface area (Å²) in [5.74, 6) is -1.38. The monoisotopic (exact) mass is 274 g/mol. The lowest BCUT2D eigenvalue weighted by atomic mass is 10.2. The van der Waals surface area contributed by atoms with E-state index in [1.165, 1.54) is 30.4 Å². The molecule has 6 nitrogen and oxygen atoms in total. The first-order valence-electron chi connectivity index (χ1n) is 5.98. The molecular formula is C14H14N2O4. The van der Waals surface area contributed by atoms with Crippen LogP contribution in [0.15, 0.2) is 49.1 Å². The van der Waals surface area contributed by atoms with Gasteiger partial charge in [0, 0.05) is 12.4 Å². The number of esters is 2. The summed E-state index contributed by atoms with van der Waals surface area (Å²) in [6.07, 6.45) is 4.34. The molecule has 0 aliphatic heterocycles. The molecule has 0 spiro atoms. The summed E-state index contributed by atoms with van der Waals surface area (Å²) in [5.41, 5.74) is 0.843. The number of hydrogen-bond donors (Lipinski definition) is 0. The maximum Gasteiger partial charge on any atom is 0.341 e. The average Bonchev–Trinajstić information content (AvgIpc) is 3.00. The molecule has 0 saturated carbocycles. The Kier molecular flexibility index (Phi) is 4.49. The minimum absolute atomic E-state index is 0.0991. The predicted molar refractivity (Wildman–Crippen MR) is 69.5 cm³/mol. The number of hydrogen-bond acceptors (Lipinski definition) is 5. The third-order valence-corrected chi connectivity index (χ3v) is 2.69. The Labute approximate surface area is 116 Å². The fourth-order valence-electron chi connectivity index (χ4n) is 1.68. The lowest BCUT2D eigenvalue weighted by Crippen LogP contribution is -2.29. The molecule has 20 heavy (non-hydrogen) atoms. The third-order valence-electron chi connectivity index (χ3n) is 2.69. The Hall–Kier alpha value is -2.63. The van der Waals surface area contributed by atoms with Crippen molar-refractivity contribution in [1.82, 2.24) is 9.55 Å². The van der Waals surface area contributed by atoms with E-state index in [1.54, 1.807) is 0 Å². The lowest BCUT2D eigenvalue weighted by Gasteiger charge is -2.15. The van der Waals surface area contributed by atoms with Crippen molar-refractivity contribution in [2.24, 2.45) is 0 Å². The standard InChI is InChI=1S/C14H14N2O4/c1-19-13(17)12(16-8-7-15-10-16)14(18)20-9-11-5-3-2-4-6-11/h2-8,10,12H,9H2,1H3. The van der Waals surface area contributed by atoms with Crippen LogP contribution in [0.2, 0.25) is 0 Å². The van der Waals surface area contributed by atoms with Crippen LogP contribution in [0.1, 0.15) is 11.6 Å². The van der Waals surface area contributed by atoms with Crippen LogP contribution < -0.4 is 0 Å².